The quantitative estimate of drug-likeness (QED) is 0.684. The van der Waals surface area contributed by atoms with Crippen molar-refractivity contribution >= 4 is 32.1 Å². The van der Waals surface area contributed by atoms with Crippen molar-refractivity contribution in [3.8, 4) is 0 Å². The monoisotopic (exact) mass is 322 g/mol. The molecule has 0 spiro atoms. The summed E-state index contributed by atoms with van der Waals surface area (Å²) in [7, 11) is 1.32. The van der Waals surface area contributed by atoms with Crippen molar-refractivity contribution in [2.45, 2.75) is 11.8 Å². The van der Waals surface area contributed by atoms with Gasteiger partial charge in [0.05, 0.1) is 4.92 Å². The van der Waals surface area contributed by atoms with E-state index in [9.17, 15) is 14.7 Å². The van der Waals surface area contributed by atoms with Gasteiger partial charge in [0.25, 0.3) is 5.69 Å². The molecule has 1 aromatic rings. The van der Waals surface area contributed by atoms with Crippen molar-refractivity contribution in [2.24, 2.45) is 0 Å². The van der Waals surface area contributed by atoms with E-state index in [1.807, 2.05) is 0 Å². The summed E-state index contributed by atoms with van der Waals surface area (Å²) in [6.07, 6.45) is 1.67. The number of hydrogen-bond acceptors (Lipinski definition) is 4. The molecule has 0 heterocycles. The van der Waals surface area contributed by atoms with Crippen LogP contribution >= 0.6 is 26.4 Å². The predicted molar refractivity (Wildman–Crippen MR) is 73.6 cm³/mol. The Morgan fingerprint density at radius 1 is 1.47 bits per heavy atom. The van der Waals surface area contributed by atoms with Crippen LogP contribution in [0.25, 0.3) is 0 Å². The first-order chi connectivity index (χ1) is 7.67. The molecule has 17 heavy (non-hydrogen) atoms. The number of nitrogens with zero attached hydrogens (tertiary/aromatic N) is 2. The summed E-state index contributed by atoms with van der Waals surface area (Å²) in [4.78, 5) is 11.0. The maximum Gasteiger partial charge on any atom is 0.274 e. The lowest BCUT2D eigenvalue weighted by Gasteiger charge is -2.36. The van der Waals surface area contributed by atoms with E-state index in [4.69, 9.17) is 0 Å². The Hall–Kier alpha value is -0.630. The van der Waals surface area contributed by atoms with E-state index in [1.54, 1.807) is 37.6 Å². The number of nitro benzene ring substituents is 1. The second-order valence-electron chi connectivity index (χ2n) is 3.95. The van der Waals surface area contributed by atoms with Crippen LogP contribution in [0, 0.1) is 17.0 Å². The van der Waals surface area contributed by atoms with Gasteiger partial charge in [-0.2, -0.15) is 0 Å². The maximum absolute atomic E-state index is 10.9. The molecule has 0 fully saturated rings. The molecule has 0 aliphatic heterocycles. The minimum Gasteiger partial charge on any atom is -0.334 e. The van der Waals surface area contributed by atoms with E-state index < -0.39 is 15.4 Å². The molecule has 1 N–H and O–H groups in total. The minimum atomic E-state index is -2.17. The van der Waals surface area contributed by atoms with Gasteiger partial charge in [-0.15, -0.1) is 0 Å². The highest BCUT2D eigenvalue weighted by Crippen LogP contribution is 2.52. The Labute approximate surface area is 110 Å². The van der Waals surface area contributed by atoms with Crippen LogP contribution in [0.1, 0.15) is 5.56 Å². The summed E-state index contributed by atoms with van der Waals surface area (Å²) >= 11 is 3.29. The first-order valence-corrected chi connectivity index (χ1v) is 7.55. The molecular formula is C10H15BrN2O3S. The number of hydrogen-bond donors (Lipinski definition) is 1. The molecule has 1 atom stereocenters. The molecule has 0 aliphatic rings. The molecule has 0 aliphatic carbocycles. The van der Waals surface area contributed by atoms with Crippen molar-refractivity contribution in [1.29, 1.82) is 0 Å². The minimum absolute atomic E-state index is 0.0176. The summed E-state index contributed by atoms with van der Waals surface area (Å²) < 4.78 is 12.7. The van der Waals surface area contributed by atoms with Crippen LogP contribution in [-0.4, -0.2) is 34.1 Å². The summed E-state index contributed by atoms with van der Waals surface area (Å²) in [5.41, 5.74) is 0.580. The van der Waals surface area contributed by atoms with Gasteiger partial charge >= 0.3 is 0 Å². The number of rotatable bonds is 3. The van der Waals surface area contributed by atoms with E-state index in [2.05, 4.69) is 15.9 Å². The molecule has 1 aromatic carbocycles. The van der Waals surface area contributed by atoms with Gasteiger partial charge in [-0.3, -0.25) is 14.4 Å². The lowest BCUT2D eigenvalue weighted by molar-refractivity contribution is -0.385. The largest absolute Gasteiger partial charge is 0.334 e. The van der Waals surface area contributed by atoms with Crippen LogP contribution in [0.2, 0.25) is 0 Å². The lowest BCUT2D eigenvalue weighted by atomic mass is 10.2. The summed E-state index contributed by atoms with van der Waals surface area (Å²) in [5.74, 6) is 0. The molecular weight excluding hydrogens is 308 g/mol. The van der Waals surface area contributed by atoms with Gasteiger partial charge in [0.15, 0.2) is 0 Å². The zero-order valence-electron chi connectivity index (χ0n) is 10.1. The molecule has 0 bridgehead atoms. The van der Waals surface area contributed by atoms with Gasteiger partial charge in [-0.05, 0) is 27.1 Å². The van der Waals surface area contributed by atoms with Crippen LogP contribution in [0.15, 0.2) is 21.5 Å². The van der Waals surface area contributed by atoms with Crippen molar-refractivity contribution in [3.63, 3.8) is 0 Å². The van der Waals surface area contributed by atoms with Crippen LogP contribution in [0.4, 0.5) is 5.69 Å². The van der Waals surface area contributed by atoms with Gasteiger partial charge in [0.2, 0.25) is 0 Å². The Balaban J connectivity index is 3.43. The number of halogens is 1. The van der Waals surface area contributed by atoms with Crippen LogP contribution < -0.4 is 0 Å². The summed E-state index contributed by atoms with van der Waals surface area (Å²) in [6, 6.07) is 3.17. The highest BCUT2D eigenvalue weighted by atomic mass is 79.9. The van der Waals surface area contributed by atoms with Gasteiger partial charge in [0.1, 0.15) is 0 Å². The van der Waals surface area contributed by atoms with E-state index in [1.165, 1.54) is 6.07 Å². The fourth-order valence-corrected chi connectivity index (χ4v) is 2.96. The summed E-state index contributed by atoms with van der Waals surface area (Å²) in [6.45, 7) is 1.67. The predicted octanol–water partition coefficient (Wildman–Crippen LogP) is 3.41. The molecule has 0 saturated heterocycles. The van der Waals surface area contributed by atoms with Crippen molar-refractivity contribution < 1.29 is 9.48 Å². The zero-order valence-corrected chi connectivity index (χ0v) is 12.5. The third-order valence-corrected chi connectivity index (χ3v) is 6.02. The average molecular weight is 323 g/mol. The standard InChI is InChI=1S/C10H15BrN2O3S/c1-7-9(11)5-8(6-10(7)13(14)15)17(4,16)12(2)3/h5-6,16H,1-4H3. The Kier molecular flexibility index (Phi) is 4.19. The normalized spacial score (nSPS) is 16.6. The van der Waals surface area contributed by atoms with Crippen LogP contribution in [0.5, 0.6) is 0 Å². The van der Waals surface area contributed by atoms with Gasteiger partial charge in [-0.25, -0.2) is 0 Å². The van der Waals surface area contributed by atoms with E-state index in [0.29, 0.717) is 14.9 Å². The molecule has 1 unspecified atom stereocenters. The third kappa shape index (κ3) is 2.79. The van der Waals surface area contributed by atoms with Crippen molar-refractivity contribution in [1.82, 2.24) is 4.31 Å². The average Bonchev–Trinajstić information content (AvgIpc) is 2.20. The Morgan fingerprint density at radius 2 is 2.00 bits per heavy atom. The lowest BCUT2D eigenvalue weighted by Crippen LogP contribution is -2.18. The van der Waals surface area contributed by atoms with Crippen molar-refractivity contribution in [2.75, 3.05) is 20.4 Å². The molecule has 0 radical (unpaired) electrons. The smallest absolute Gasteiger partial charge is 0.274 e. The van der Waals surface area contributed by atoms with Gasteiger partial charge in [-0.1, -0.05) is 26.4 Å². The van der Waals surface area contributed by atoms with E-state index in [0.717, 1.165) is 0 Å². The fraction of sp³-hybridized carbons (Fsp3) is 0.400. The molecule has 0 aromatic heterocycles. The molecule has 0 amide bonds. The Morgan fingerprint density at radius 3 is 2.41 bits per heavy atom. The van der Waals surface area contributed by atoms with Gasteiger partial charge in [0, 0.05) is 27.3 Å². The Bertz CT molecular complexity index is 463. The second kappa shape index (κ2) is 4.93. The van der Waals surface area contributed by atoms with E-state index >= 15 is 0 Å². The molecule has 0 saturated carbocycles. The SMILES string of the molecule is Cc1c(Br)cc(S(C)(O)N(C)C)cc1[N+](=O)[O-]. The molecule has 5 nitrogen and oxygen atoms in total. The fourth-order valence-electron chi connectivity index (χ4n) is 1.26. The highest BCUT2D eigenvalue weighted by molar-refractivity contribution is 9.10. The topological polar surface area (TPSA) is 66.6 Å². The number of benzene rings is 1. The first-order valence-electron chi connectivity index (χ1n) is 4.80. The summed E-state index contributed by atoms with van der Waals surface area (Å²) in [5, 5.41) is 10.9. The zero-order chi connectivity index (χ0) is 13.4. The third-order valence-electron chi connectivity index (χ3n) is 2.64. The molecule has 1 rings (SSSR count). The van der Waals surface area contributed by atoms with Crippen LogP contribution in [-0.2, 0) is 0 Å². The number of nitro groups is 1. The van der Waals surface area contributed by atoms with Crippen molar-refractivity contribution in [3.05, 3.63) is 32.3 Å². The second-order valence-corrected chi connectivity index (χ2v) is 7.68. The molecule has 7 heteroatoms. The maximum atomic E-state index is 10.9. The van der Waals surface area contributed by atoms with E-state index in [-0.39, 0.29) is 5.69 Å². The highest BCUT2D eigenvalue weighted by Gasteiger charge is 2.25. The first kappa shape index (κ1) is 14.4. The van der Waals surface area contributed by atoms with Gasteiger partial charge < -0.3 is 4.55 Å². The molecule has 96 valence electrons. The van der Waals surface area contributed by atoms with Crippen LogP contribution in [0.3, 0.4) is 0 Å².